The Morgan fingerprint density at radius 2 is 1.94 bits per heavy atom. The van der Waals surface area contributed by atoms with Crippen molar-refractivity contribution in [2.24, 2.45) is 4.99 Å². The Kier molecular flexibility index (Phi) is 3.10. The van der Waals surface area contributed by atoms with Crippen LogP contribution in [0, 0.1) is 5.41 Å². The van der Waals surface area contributed by atoms with Crippen LogP contribution in [0.15, 0.2) is 47.5 Å². The second-order valence-corrected chi connectivity index (χ2v) is 3.59. The van der Waals surface area contributed by atoms with Gasteiger partial charge in [0, 0.05) is 11.3 Å². The van der Waals surface area contributed by atoms with Crippen LogP contribution in [0.3, 0.4) is 0 Å². The van der Waals surface area contributed by atoms with E-state index in [2.05, 4.69) is 36.2 Å². The number of fused-ring (bicyclic) bond motifs is 1. The van der Waals surface area contributed by atoms with E-state index in [1.54, 1.807) is 0 Å². The van der Waals surface area contributed by atoms with Crippen molar-refractivity contribution in [2.45, 2.75) is 13.3 Å². The van der Waals surface area contributed by atoms with Gasteiger partial charge in [0.15, 0.2) is 0 Å². The molecule has 80 valence electrons. The van der Waals surface area contributed by atoms with Gasteiger partial charge in [-0.25, -0.2) is 4.99 Å². The van der Waals surface area contributed by atoms with Crippen molar-refractivity contribution < 1.29 is 0 Å². The number of nitrogens with zero attached hydrogens (tertiary/aromatic N) is 1. The molecule has 2 heteroatoms. The molecule has 0 heterocycles. The molecule has 0 fully saturated rings. The Labute approximate surface area is 95.2 Å². The molecular weight excluding hydrogens is 196 g/mol. The van der Waals surface area contributed by atoms with E-state index in [4.69, 9.17) is 5.41 Å². The topological polar surface area (TPSA) is 36.2 Å². The third-order valence-electron chi connectivity index (χ3n) is 2.66. The van der Waals surface area contributed by atoms with Crippen LogP contribution in [0.25, 0.3) is 10.8 Å². The lowest BCUT2D eigenvalue weighted by Gasteiger charge is -2.07. The fourth-order valence-corrected chi connectivity index (χ4v) is 1.91. The first-order valence-electron chi connectivity index (χ1n) is 5.40. The fraction of sp³-hybridized carbons (Fsp3) is 0.143. The molecule has 0 aliphatic carbocycles. The maximum atomic E-state index is 7.08. The molecule has 0 aliphatic rings. The van der Waals surface area contributed by atoms with Crippen LogP contribution in [0.1, 0.15) is 18.9 Å². The van der Waals surface area contributed by atoms with Crippen molar-refractivity contribution >= 4 is 22.8 Å². The van der Waals surface area contributed by atoms with Crippen LogP contribution < -0.4 is 0 Å². The SMILES string of the molecule is CCC(=NC=N)c1cccc2ccccc12. The first-order valence-corrected chi connectivity index (χ1v) is 5.40. The summed E-state index contributed by atoms with van der Waals surface area (Å²) in [5.74, 6) is 0. The molecule has 0 bridgehead atoms. The van der Waals surface area contributed by atoms with E-state index in [0.717, 1.165) is 24.0 Å². The summed E-state index contributed by atoms with van der Waals surface area (Å²) < 4.78 is 0. The number of hydrogen-bond acceptors (Lipinski definition) is 1. The Hall–Kier alpha value is -1.96. The highest BCUT2D eigenvalue weighted by Crippen LogP contribution is 2.20. The van der Waals surface area contributed by atoms with Crippen LogP contribution in [-0.4, -0.2) is 12.1 Å². The predicted octanol–water partition coefficient (Wildman–Crippen LogP) is 3.65. The molecule has 0 atom stereocenters. The first kappa shape index (κ1) is 10.6. The summed E-state index contributed by atoms with van der Waals surface area (Å²) in [4.78, 5) is 4.12. The smallest absolute Gasteiger partial charge is 0.107 e. The fourth-order valence-electron chi connectivity index (χ4n) is 1.91. The van der Waals surface area contributed by atoms with Gasteiger partial charge in [0.1, 0.15) is 6.34 Å². The predicted molar refractivity (Wildman–Crippen MR) is 69.6 cm³/mol. The molecule has 0 saturated heterocycles. The highest BCUT2D eigenvalue weighted by molar-refractivity contribution is 6.12. The zero-order valence-corrected chi connectivity index (χ0v) is 9.27. The third-order valence-corrected chi connectivity index (χ3v) is 2.66. The summed E-state index contributed by atoms with van der Waals surface area (Å²) in [7, 11) is 0. The number of benzene rings is 2. The van der Waals surface area contributed by atoms with E-state index < -0.39 is 0 Å². The molecule has 0 radical (unpaired) electrons. The zero-order valence-electron chi connectivity index (χ0n) is 9.27. The molecule has 2 nitrogen and oxygen atoms in total. The summed E-state index contributed by atoms with van der Waals surface area (Å²) in [5.41, 5.74) is 2.09. The number of aliphatic imine (C=N–C) groups is 1. The standard InChI is InChI=1S/C14H14N2/c1-2-14(16-10-15)13-9-5-7-11-6-3-4-8-12(11)13/h3-10,15H,2H2,1H3. The number of rotatable bonds is 3. The van der Waals surface area contributed by atoms with E-state index >= 15 is 0 Å². The molecule has 0 aliphatic heterocycles. The lowest BCUT2D eigenvalue weighted by atomic mass is 10.00. The normalized spacial score (nSPS) is 11.7. The van der Waals surface area contributed by atoms with E-state index in [0.29, 0.717) is 0 Å². The maximum Gasteiger partial charge on any atom is 0.107 e. The zero-order chi connectivity index (χ0) is 11.4. The van der Waals surface area contributed by atoms with Gasteiger partial charge in [-0.05, 0) is 17.2 Å². The lowest BCUT2D eigenvalue weighted by molar-refractivity contribution is 1.28. The Morgan fingerprint density at radius 3 is 2.69 bits per heavy atom. The highest BCUT2D eigenvalue weighted by Gasteiger charge is 2.04. The van der Waals surface area contributed by atoms with Crippen LogP contribution in [0.5, 0.6) is 0 Å². The molecule has 0 amide bonds. The Morgan fingerprint density at radius 1 is 1.19 bits per heavy atom. The molecular formula is C14H14N2. The molecule has 0 saturated carbocycles. The second kappa shape index (κ2) is 4.71. The van der Waals surface area contributed by atoms with E-state index in [9.17, 15) is 0 Å². The minimum Gasteiger partial charge on any atom is -0.290 e. The average molecular weight is 210 g/mol. The molecule has 0 unspecified atom stereocenters. The monoisotopic (exact) mass is 210 g/mol. The maximum absolute atomic E-state index is 7.08. The average Bonchev–Trinajstić information content (AvgIpc) is 2.35. The van der Waals surface area contributed by atoms with E-state index in [1.807, 2.05) is 18.2 Å². The molecule has 2 aromatic rings. The Bertz CT molecular complexity index is 536. The molecule has 16 heavy (non-hydrogen) atoms. The minimum atomic E-state index is 0.837. The first-order chi connectivity index (χ1) is 7.86. The van der Waals surface area contributed by atoms with Gasteiger partial charge in [-0.1, -0.05) is 49.4 Å². The molecule has 0 spiro atoms. The van der Waals surface area contributed by atoms with Gasteiger partial charge in [-0.2, -0.15) is 0 Å². The highest BCUT2D eigenvalue weighted by atomic mass is 14.8. The number of hydrogen-bond donors (Lipinski definition) is 1. The largest absolute Gasteiger partial charge is 0.290 e. The van der Waals surface area contributed by atoms with Crippen molar-refractivity contribution in [3.8, 4) is 0 Å². The molecule has 0 aromatic heterocycles. The summed E-state index contributed by atoms with van der Waals surface area (Å²) in [5, 5.41) is 9.50. The summed E-state index contributed by atoms with van der Waals surface area (Å²) >= 11 is 0. The number of nitrogens with one attached hydrogen (secondary N) is 1. The Balaban J connectivity index is 2.68. The van der Waals surface area contributed by atoms with Crippen molar-refractivity contribution in [2.75, 3.05) is 0 Å². The van der Waals surface area contributed by atoms with Gasteiger partial charge < -0.3 is 0 Å². The van der Waals surface area contributed by atoms with Crippen LogP contribution >= 0.6 is 0 Å². The minimum absolute atomic E-state index is 0.837. The van der Waals surface area contributed by atoms with Gasteiger partial charge in [0.05, 0.1) is 0 Å². The van der Waals surface area contributed by atoms with Gasteiger partial charge in [0.2, 0.25) is 0 Å². The summed E-state index contributed by atoms with van der Waals surface area (Å²) in [6, 6.07) is 14.4. The summed E-state index contributed by atoms with van der Waals surface area (Å²) in [6.45, 7) is 2.06. The molecule has 2 aromatic carbocycles. The second-order valence-electron chi connectivity index (χ2n) is 3.59. The molecule has 2 rings (SSSR count). The molecule has 1 N–H and O–H groups in total. The van der Waals surface area contributed by atoms with Gasteiger partial charge in [-0.15, -0.1) is 0 Å². The van der Waals surface area contributed by atoms with Crippen LogP contribution in [-0.2, 0) is 0 Å². The quantitative estimate of drug-likeness (QED) is 0.593. The van der Waals surface area contributed by atoms with Crippen molar-refractivity contribution in [3.63, 3.8) is 0 Å². The lowest BCUT2D eigenvalue weighted by Crippen LogP contribution is -2.00. The van der Waals surface area contributed by atoms with E-state index in [1.165, 1.54) is 10.8 Å². The third kappa shape index (κ3) is 1.87. The van der Waals surface area contributed by atoms with Crippen molar-refractivity contribution in [3.05, 3.63) is 48.0 Å². The van der Waals surface area contributed by atoms with Gasteiger partial charge >= 0.3 is 0 Å². The van der Waals surface area contributed by atoms with Crippen LogP contribution in [0.2, 0.25) is 0 Å². The van der Waals surface area contributed by atoms with Crippen molar-refractivity contribution in [1.29, 1.82) is 5.41 Å². The van der Waals surface area contributed by atoms with Gasteiger partial charge in [-0.3, -0.25) is 5.41 Å². The van der Waals surface area contributed by atoms with Crippen LogP contribution in [0.4, 0.5) is 0 Å². The van der Waals surface area contributed by atoms with Crippen molar-refractivity contribution in [1.82, 2.24) is 0 Å². The van der Waals surface area contributed by atoms with Gasteiger partial charge in [0.25, 0.3) is 0 Å². The van der Waals surface area contributed by atoms with E-state index in [-0.39, 0.29) is 0 Å². The summed E-state index contributed by atoms with van der Waals surface area (Å²) in [6.07, 6.45) is 1.95.